The van der Waals surface area contributed by atoms with Crippen LogP contribution in [0.3, 0.4) is 0 Å². The smallest absolute Gasteiger partial charge is 0.247 e. The molecule has 0 spiro atoms. The summed E-state index contributed by atoms with van der Waals surface area (Å²) in [6.45, 7) is 6.51. The first-order valence-corrected chi connectivity index (χ1v) is 10.5. The van der Waals surface area contributed by atoms with Crippen molar-refractivity contribution >= 4 is 17.5 Å². The lowest BCUT2D eigenvalue weighted by Crippen LogP contribution is -2.36. The number of ether oxygens (including phenoxy) is 2. The average molecular weight is 444 g/mol. The first kappa shape index (κ1) is 23.5. The van der Waals surface area contributed by atoms with Gasteiger partial charge in [0.05, 0.1) is 12.6 Å². The van der Waals surface area contributed by atoms with E-state index >= 15 is 0 Å². The van der Waals surface area contributed by atoms with Crippen molar-refractivity contribution in [3.05, 3.63) is 48.3 Å². The number of nitrogens with zero attached hydrogens (tertiary/aromatic N) is 4. The van der Waals surface area contributed by atoms with Crippen LogP contribution in [-0.4, -0.2) is 72.0 Å². The van der Waals surface area contributed by atoms with E-state index in [-0.39, 0.29) is 24.5 Å². The zero-order chi connectivity index (χ0) is 22.8. The number of rotatable bonds is 12. The summed E-state index contributed by atoms with van der Waals surface area (Å²) >= 11 is 0. The number of hydrogen-bond acceptors (Lipinski definition) is 8. The number of hydrogen-bond donors (Lipinski definition) is 3. The zero-order valence-corrected chi connectivity index (χ0v) is 18.1. The molecule has 2 unspecified atom stereocenters. The predicted molar refractivity (Wildman–Crippen MR) is 117 cm³/mol. The van der Waals surface area contributed by atoms with Crippen LogP contribution in [-0.2, 0) is 25.6 Å². The van der Waals surface area contributed by atoms with Gasteiger partial charge in [-0.15, -0.1) is 5.10 Å². The van der Waals surface area contributed by atoms with Crippen molar-refractivity contribution in [2.45, 2.75) is 19.0 Å². The Kier molecular flexibility index (Phi) is 8.84. The van der Waals surface area contributed by atoms with Crippen molar-refractivity contribution in [2.75, 3.05) is 45.3 Å². The predicted octanol–water partition coefficient (Wildman–Crippen LogP) is 0.276. The number of methoxy groups -OCH3 is 1. The summed E-state index contributed by atoms with van der Waals surface area (Å²) in [5, 5.41) is 21.3. The fourth-order valence-electron chi connectivity index (χ4n) is 3.43. The Labute approximate surface area is 186 Å². The highest BCUT2D eigenvalue weighted by molar-refractivity contribution is 5.98. The van der Waals surface area contributed by atoms with E-state index in [1.54, 1.807) is 4.68 Å². The van der Waals surface area contributed by atoms with Gasteiger partial charge in [-0.05, 0) is 40.6 Å². The molecule has 1 aromatic carbocycles. The van der Waals surface area contributed by atoms with Crippen molar-refractivity contribution in [1.82, 2.24) is 30.8 Å². The fraction of sp³-hybridized carbons (Fsp3) is 0.476. The molecular weight excluding hydrogens is 414 g/mol. The molecule has 0 aliphatic carbocycles. The molecule has 1 aliphatic heterocycles. The number of amides is 2. The Morgan fingerprint density at radius 3 is 2.84 bits per heavy atom. The summed E-state index contributed by atoms with van der Waals surface area (Å²) in [5.41, 5.74) is 1.58. The van der Waals surface area contributed by atoms with Crippen LogP contribution in [0.4, 0.5) is 5.69 Å². The van der Waals surface area contributed by atoms with Gasteiger partial charge in [0.2, 0.25) is 11.8 Å². The Hall–Kier alpha value is -3.15. The van der Waals surface area contributed by atoms with Crippen LogP contribution in [0.25, 0.3) is 0 Å². The third kappa shape index (κ3) is 6.67. The van der Waals surface area contributed by atoms with Crippen molar-refractivity contribution in [2.24, 2.45) is 5.92 Å². The van der Waals surface area contributed by atoms with E-state index in [0.717, 1.165) is 18.6 Å². The molecule has 2 aromatic rings. The molecule has 3 rings (SSSR count). The van der Waals surface area contributed by atoms with Crippen LogP contribution in [0, 0.1) is 5.92 Å². The van der Waals surface area contributed by atoms with Crippen LogP contribution in [0.1, 0.15) is 23.9 Å². The summed E-state index contributed by atoms with van der Waals surface area (Å²) in [5.74, 6) is 0.576. The lowest BCUT2D eigenvalue weighted by atomic mass is 10.0. The van der Waals surface area contributed by atoms with Crippen LogP contribution >= 0.6 is 0 Å². The van der Waals surface area contributed by atoms with Gasteiger partial charge in [-0.3, -0.25) is 9.59 Å². The third-order valence-electron chi connectivity index (χ3n) is 5.04. The SMILES string of the molecule is C=CC(=O)Nc1ccc(C(NCCNC(=O)COC)c2nnnn2CC2CCOC2)cc1. The van der Waals surface area contributed by atoms with Gasteiger partial charge < -0.3 is 25.4 Å². The van der Waals surface area contributed by atoms with Crippen LogP contribution < -0.4 is 16.0 Å². The molecule has 0 bridgehead atoms. The largest absolute Gasteiger partial charge is 0.381 e. The Balaban J connectivity index is 1.74. The molecule has 1 fully saturated rings. The lowest BCUT2D eigenvalue weighted by molar-refractivity contribution is -0.124. The number of anilines is 1. The second kappa shape index (κ2) is 12.0. The molecule has 2 heterocycles. The van der Waals surface area contributed by atoms with Gasteiger partial charge in [0.25, 0.3) is 0 Å². The Morgan fingerprint density at radius 1 is 1.34 bits per heavy atom. The number of tetrazole rings is 1. The average Bonchev–Trinajstić information content (AvgIpc) is 3.47. The van der Waals surface area contributed by atoms with E-state index in [9.17, 15) is 9.59 Å². The molecule has 11 nitrogen and oxygen atoms in total. The van der Waals surface area contributed by atoms with E-state index in [4.69, 9.17) is 9.47 Å². The van der Waals surface area contributed by atoms with Gasteiger partial charge in [-0.2, -0.15) is 0 Å². The van der Waals surface area contributed by atoms with Crippen LogP contribution in [0.15, 0.2) is 36.9 Å². The second-order valence-corrected chi connectivity index (χ2v) is 7.43. The Morgan fingerprint density at radius 2 is 2.16 bits per heavy atom. The summed E-state index contributed by atoms with van der Waals surface area (Å²) in [4.78, 5) is 23.2. The van der Waals surface area contributed by atoms with Crippen LogP contribution in [0.2, 0.25) is 0 Å². The van der Waals surface area contributed by atoms with Crippen molar-refractivity contribution < 1.29 is 19.1 Å². The minimum atomic E-state index is -0.309. The number of carbonyl (C=O) groups excluding carboxylic acids is 2. The van der Waals surface area contributed by atoms with Crippen LogP contribution in [0.5, 0.6) is 0 Å². The highest BCUT2D eigenvalue weighted by atomic mass is 16.5. The minimum Gasteiger partial charge on any atom is -0.381 e. The van der Waals surface area contributed by atoms with E-state index in [1.807, 2.05) is 24.3 Å². The van der Waals surface area contributed by atoms with E-state index in [2.05, 4.69) is 38.1 Å². The van der Waals surface area contributed by atoms with Crippen molar-refractivity contribution in [1.29, 1.82) is 0 Å². The minimum absolute atomic E-state index is 0.0169. The van der Waals surface area contributed by atoms with E-state index in [1.165, 1.54) is 13.2 Å². The number of aromatic nitrogens is 4. The highest BCUT2D eigenvalue weighted by Gasteiger charge is 2.24. The number of benzene rings is 1. The monoisotopic (exact) mass is 443 g/mol. The summed E-state index contributed by atoms with van der Waals surface area (Å²) in [7, 11) is 1.48. The summed E-state index contributed by atoms with van der Waals surface area (Å²) in [6, 6.07) is 7.11. The van der Waals surface area contributed by atoms with Gasteiger partial charge in [0.15, 0.2) is 5.82 Å². The molecule has 3 N–H and O–H groups in total. The molecule has 32 heavy (non-hydrogen) atoms. The number of carbonyl (C=O) groups is 2. The van der Waals surface area contributed by atoms with Gasteiger partial charge in [-0.1, -0.05) is 18.7 Å². The summed E-state index contributed by atoms with van der Waals surface area (Å²) in [6.07, 6.45) is 2.19. The molecule has 1 aliphatic rings. The molecular formula is C21H29N7O4. The maximum absolute atomic E-state index is 11.6. The second-order valence-electron chi connectivity index (χ2n) is 7.43. The molecule has 1 saturated heterocycles. The molecule has 2 amide bonds. The van der Waals surface area contributed by atoms with Crippen molar-refractivity contribution in [3.8, 4) is 0 Å². The lowest BCUT2D eigenvalue weighted by Gasteiger charge is -2.20. The van der Waals surface area contributed by atoms with Gasteiger partial charge in [0.1, 0.15) is 6.61 Å². The molecule has 0 radical (unpaired) electrons. The normalized spacial score (nSPS) is 16.5. The molecule has 2 atom stereocenters. The van der Waals surface area contributed by atoms with E-state index < -0.39 is 0 Å². The topological polar surface area (TPSA) is 132 Å². The van der Waals surface area contributed by atoms with Gasteiger partial charge >= 0.3 is 0 Å². The van der Waals surface area contributed by atoms with E-state index in [0.29, 0.717) is 43.7 Å². The molecule has 0 saturated carbocycles. The highest BCUT2D eigenvalue weighted by Crippen LogP contribution is 2.23. The fourth-order valence-corrected chi connectivity index (χ4v) is 3.43. The molecule has 1 aromatic heterocycles. The first-order valence-electron chi connectivity index (χ1n) is 10.5. The molecule has 11 heteroatoms. The van der Waals surface area contributed by atoms with Crippen molar-refractivity contribution in [3.63, 3.8) is 0 Å². The quantitative estimate of drug-likeness (QED) is 0.315. The summed E-state index contributed by atoms with van der Waals surface area (Å²) < 4.78 is 12.1. The standard InChI is InChI=1S/C21H29N7O4/c1-3-18(29)24-17-6-4-16(5-7-17)20(23-10-9-22-19(30)14-31-2)21-25-26-27-28(21)12-15-8-11-32-13-15/h3-7,15,20,23H,1,8-14H2,2H3,(H,22,30)(H,24,29). The van der Waals surface area contributed by atoms with Gasteiger partial charge in [-0.25, -0.2) is 4.68 Å². The zero-order valence-electron chi connectivity index (χ0n) is 18.1. The maximum Gasteiger partial charge on any atom is 0.247 e. The third-order valence-corrected chi connectivity index (χ3v) is 5.04. The number of nitrogens with one attached hydrogen (secondary N) is 3. The first-order chi connectivity index (χ1) is 15.6. The Bertz CT molecular complexity index is 894. The maximum atomic E-state index is 11.6. The molecule has 172 valence electrons. The van der Waals surface area contributed by atoms with Gasteiger partial charge in [0, 0.05) is 45.0 Å².